The van der Waals surface area contributed by atoms with Gasteiger partial charge in [0.05, 0.1) is 11.0 Å². The van der Waals surface area contributed by atoms with Gasteiger partial charge in [-0.15, -0.1) is 0 Å². The summed E-state index contributed by atoms with van der Waals surface area (Å²) >= 11 is 0. The second kappa shape index (κ2) is 10.9. The molecule has 1 heterocycles. The Labute approximate surface area is 305 Å². The van der Waals surface area contributed by atoms with Crippen LogP contribution in [0.2, 0.25) is 0 Å². The Kier molecular flexibility index (Phi) is 4.57. The number of fused-ring (bicyclic) bond motifs is 9. The average Bonchev–Trinajstić information content (AvgIpc) is 3.67. The summed E-state index contributed by atoms with van der Waals surface area (Å²) < 4.78 is 79.2. The van der Waals surface area contributed by atoms with Crippen molar-refractivity contribution in [2.45, 2.75) is 0 Å². The van der Waals surface area contributed by atoms with E-state index < -0.39 is 24.2 Å². The highest BCUT2D eigenvalue weighted by atomic mass is 16.3. The topological polar surface area (TPSA) is 13.1 Å². The Bertz CT molecular complexity index is 3580. The molecule has 11 aromatic rings. The van der Waals surface area contributed by atoms with Crippen molar-refractivity contribution in [3.8, 4) is 33.4 Å². The summed E-state index contributed by atoms with van der Waals surface area (Å²) in [5, 5.41) is 8.56. The lowest BCUT2D eigenvalue weighted by Crippen LogP contribution is -1.91. The third-order valence-electron chi connectivity index (χ3n) is 10.3. The standard InChI is InChI=1S/C50H30O/c1-3-14-37-31(11-1)13-9-21-40(37)48-43-18-7-5-16-41(43)47(42-17-6-8-19-44(42)48)36-26-24-33-29-35(25-23-34(33)30-36)39-20-10-22-45-50(39)49-38-15-4-2-12-32(38)27-28-46(49)51-45/h1-30H/i5D,6D,7D,8D,16D,17D,18D,19D. The number of furan rings is 1. The lowest BCUT2D eigenvalue weighted by atomic mass is 9.84. The molecule has 0 unspecified atom stereocenters. The fraction of sp³-hybridized carbons (Fsp3) is 0. The van der Waals surface area contributed by atoms with Gasteiger partial charge in [0.2, 0.25) is 0 Å². The molecule has 0 aliphatic rings. The highest BCUT2D eigenvalue weighted by molar-refractivity contribution is 6.25. The summed E-state index contributed by atoms with van der Waals surface area (Å²) in [5.74, 6) is 0. The summed E-state index contributed by atoms with van der Waals surface area (Å²) in [4.78, 5) is 0. The molecule has 0 saturated carbocycles. The van der Waals surface area contributed by atoms with E-state index in [0.29, 0.717) is 22.3 Å². The monoisotopic (exact) mass is 654 g/mol. The van der Waals surface area contributed by atoms with Crippen molar-refractivity contribution in [1.29, 1.82) is 0 Å². The van der Waals surface area contributed by atoms with E-state index in [4.69, 9.17) is 9.90 Å². The van der Waals surface area contributed by atoms with Gasteiger partial charge in [0, 0.05) is 10.8 Å². The largest absolute Gasteiger partial charge is 0.456 e. The molecule has 0 spiro atoms. The van der Waals surface area contributed by atoms with Crippen LogP contribution >= 0.6 is 0 Å². The molecule has 0 bridgehead atoms. The molecule has 236 valence electrons. The number of hydrogen-bond acceptors (Lipinski definition) is 1. The maximum absolute atomic E-state index is 9.39. The van der Waals surface area contributed by atoms with Crippen molar-refractivity contribution < 1.29 is 15.4 Å². The molecule has 11 rings (SSSR count). The van der Waals surface area contributed by atoms with E-state index in [2.05, 4.69) is 36.4 Å². The van der Waals surface area contributed by atoms with E-state index in [-0.39, 0.29) is 45.7 Å². The first-order valence-corrected chi connectivity index (χ1v) is 16.9. The lowest BCUT2D eigenvalue weighted by Gasteiger charge is -2.19. The van der Waals surface area contributed by atoms with Gasteiger partial charge in [-0.25, -0.2) is 0 Å². The Morgan fingerprint density at radius 2 is 0.882 bits per heavy atom. The molecule has 0 radical (unpaired) electrons. The van der Waals surface area contributed by atoms with Crippen LogP contribution in [0.25, 0.3) is 109 Å². The molecule has 0 amide bonds. The van der Waals surface area contributed by atoms with Crippen LogP contribution < -0.4 is 0 Å². The van der Waals surface area contributed by atoms with Gasteiger partial charge in [-0.05, 0) is 112 Å². The fourth-order valence-corrected chi connectivity index (χ4v) is 8.02. The molecular weight excluding hydrogens is 617 g/mol. The van der Waals surface area contributed by atoms with Crippen LogP contribution in [0.15, 0.2) is 186 Å². The molecule has 0 fully saturated rings. The van der Waals surface area contributed by atoms with Gasteiger partial charge >= 0.3 is 0 Å². The second-order valence-electron chi connectivity index (χ2n) is 13.0. The zero-order valence-corrected chi connectivity index (χ0v) is 27.1. The molecule has 0 aliphatic heterocycles. The fourth-order valence-electron chi connectivity index (χ4n) is 8.02. The molecule has 0 aliphatic carbocycles. The molecule has 10 aromatic carbocycles. The first-order chi connectivity index (χ1) is 28.6. The SMILES string of the molecule is [2H]c1c([2H])c([2H])c2c(-c3cccc4ccccc34)c3c([2H])c([2H])c([2H])c([2H])c3c(-c3ccc4cc(-c5cccc6oc7ccc8ccccc8c7c56)ccc4c3)c2c1[2H]. The quantitative estimate of drug-likeness (QED) is 0.173. The number of rotatable bonds is 3. The molecule has 1 nitrogen and oxygen atoms in total. The molecule has 0 N–H and O–H groups in total. The average molecular weight is 655 g/mol. The van der Waals surface area contributed by atoms with E-state index in [1.54, 1.807) is 0 Å². The van der Waals surface area contributed by atoms with Gasteiger partial charge in [-0.1, -0.05) is 158 Å². The van der Waals surface area contributed by atoms with Crippen LogP contribution in [0.3, 0.4) is 0 Å². The maximum atomic E-state index is 9.39. The van der Waals surface area contributed by atoms with Gasteiger partial charge in [-0.2, -0.15) is 0 Å². The van der Waals surface area contributed by atoms with Crippen molar-refractivity contribution in [2.75, 3.05) is 0 Å². The summed E-state index contributed by atoms with van der Waals surface area (Å²) in [6.07, 6.45) is 0. The van der Waals surface area contributed by atoms with E-state index in [1.165, 1.54) is 0 Å². The van der Waals surface area contributed by atoms with Crippen molar-refractivity contribution >= 4 is 75.8 Å². The smallest absolute Gasteiger partial charge is 0.136 e. The second-order valence-corrected chi connectivity index (χ2v) is 13.0. The summed E-state index contributed by atoms with van der Waals surface area (Å²) in [7, 11) is 0. The highest BCUT2D eigenvalue weighted by Crippen LogP contribution is 2.46. The lowest BCUT2D eigenvalue weighted by molar-refractivity contribution is 0.669. The third-order valence-corrected chi connectivity index (χ3v) is 10.3. The first-order valence-electron chi connectivity index (χ1n) is 20.9. The highest BCUT2D eigenvalue weighted by Gasteiger charge is 2.19. The van der Waals surface area contributed by atoms with Crippen molar-refractivity contribution in [1.82, 2.24) is 0 Å². The predicted molar refractivity (Wildman–Crippen MR) is 218 cm³/mol. The number of benzene rings is 10. The minimum Gasteiger partial charge on any atom is -0.456 e. The van der Waals surface area contributed by atoms with E-state index in [9.17, 15) is 5.48 Å². The van der Waals surface area contributed by atoms with Crippen molar-refractivity contribution in [3.63, 3.8) is 0 Å². The maximum Gasteiger partial charge on any atom is 0.136 e. The first kappa shape index (κ1) is 21.4. The van der Waals surface area contributed by atoms with Crippen LogP contribution in [-0.4, -0.2) is 0 Å². The van der Waals surface area contributed by atoms with Crippen LogP contribution in [0.5, 0.6) is 0 Å². The predicted octanol–water partition coefficient (Wildman–Crippen LogP) is 14.4. The third kappa shape index (κ3) is 4.22. The zero-order chi connectivity index (χ0) is 40.4. The number of hydrogen-bond donors (Lipinski definition) is 0. The van der Waals surface area contributed by atoms with Crippen LogP contribution in [0.1, 0.15) is 11.0 Å². The Balaban J connectivity index is 1.21. The molecular formula is C50H30O. The normalized spacial score (nSPS) is 14.1. The Morgan fingerprint density at radius 3 is 1.63 bits per heavy atom. The molecule has 0 atom stereocenters. The van der Waals surface area contributed by atoms with Gasteiger partial charge in [0.1, 0.15) is 11.2 Å². The van der Waals surface area contributed by atoms with Crippen LogP contribution in [0.4, 0.5) is 0 Å². The Morgan fingerprint density at radius 1 is 0.353 bits per heavy atom. The summed E-state index contributed by atoms with van der Waals surface area (Å²) in [6.45, 7) is 0. The van der Waals surface area contributed by atoms with Gasteiger partial charge in [0.15, 0.2) is 0 Å². The van der Waals surface area contributed by atoms with Gasteiger partial charge < -0.3 is 4.42 Å². The van der Waals surface area contributed by atoms with Gasteiger partial charge in [-0.3, -0.25) is 0 Å². The Hall–Kier alpha value is -6.70. The van der Waals surface area contributed by atoms with E-state index in [1.807, 2.05) is 97.1 Å². The van der Waals surface area contributed by atoms with E-state index >= 15 is 0 Å². The van der Waals surface area contributed by atoms with Crippen molar-refractivity contribution in [2.24, 2.45) is 0 Å². The summed E-state index contributed by atoms with van der Waals surface area (Å²) in [5.41, 5.74) is 5.47. The summed E-state index contributed by atoms with van der Waals surface area (Å²) in [6, 6.07) is 41.0. The molecule has 51 heavy (non-hydrogen) atoms. The molecule has 1 aromatic heterocycles. The van der Waals surface area contributed by atoms with Crippen molar-refractivity contribution in [3.05, 3.63) is 182 Å². The zero-order valence-electron chi connectivity index (χ0n) is 35.1. The van der Waals surface area contributed by atoms with Crippen LogP contribution in [-0.2, 0) is 0 Å². The van der Waals surface area contributed by atoms with E-state index in [0.717, 1.165) is 65.4 Å². The van der Waals surface area contributed by atoms with Gasteiger partial charge in [0.25, 0.3) is 0 Å². The molecule has 1 heteroatoms. The minimum absolute atomic E-state index is 0.193. The van der Waals surface area contributed by atoms with Crippen LogP contribution in [0, 0.1) is 0 Å². The molecule has 0 saturated heterocycles. The minimum atomic E-state index is -0.424.